The zero-order valence-corrected chi connectivity index (χ0v) is 17.5. The summed E-state index contributed by atoms with van der Waals surface area (Å²) in [6.07, 6.45) is 0.484. The van der Waals surface area contributed by atoms with Crippen molar-refractivity contribution >= 4 is 23.2 Å². The van der Waals surface area contributed by atoms with Crippen LogP contribution < -0.4 is 10.2 Å². The molecule has 5 heteroatoms. The lowest BCUT2D eigenvalue weighted by atomic mass is 10.1. The maximum atomic E-state index is 12.3. The maximum absolute atomic E-state index is 12.3. The van der Waals surface area contributed by atoms with Gasteiger partial charge in [-0.2, -0.15) is 0 Å². The highest BCUT2D eigenvalue weighted by atomic mass is 16.2. The molecule has 0 spiro atoms. The fourth-order valence-electron chi connectivity index (χ4n) is 3.10. The highest BCUT2D eigenvalue weighted by Gasteiger charge is 2.15. The largest absolute Gasteiger partial charge is 0.377 e. The van der Waals surface area contributed by atoms with E-state index in [2.05, 4.69) is 5.32 Å². The Hall–Kier alpha value is -2.82. The fourth-order valence-corrected chi connectivity index (χ4v) is 3.10. The molecule has 0 aliphatic heterocycles. The minimum atomic E-state index is 0.00580. The first-order valence-corrected chi connectivity index (χ1v) is 9.65. The van der Waals surface area contributed by atoms with Gasteiger partial charge in [0.15, 0.2) is 0 Å². The molecule has 2 aromatic rings. The lowest BCUT2D eigenvalue weighted by Crippen LogP contribution is -2.28. The van der Waals surface area contributed by atoms with Crippen LogP contribution in [0.3, 0.4) is 0 Å². The second kappa shape index (κ2) is 9.93. The highest BCUT2D eigenvalue weighted by Crippen LogP contribution is 2.25. The Morgan fingerprint density at radius 1 is 1.00 bits per heavy atom. The number of carbonyl (C=O) groups excluding carboxylic acids is 2. The first-order chi connectivity index (χ1) is 13.3. The Balaban J connectivity index is 2.25. The molecule has 0 aliphatic rings. The third kappa shape index (κ3) is 6.41. The molecule has 28 heavy (non-hydrogen) atoms. The molecule has 0 aromatic heterocycles. The third-order valence-electron chi connectivity index (χ3n) is 4.46. The van der Waals surface area contributed by atoms with Crippen LogP contribution in [0.1, 0.15) is 38.3 Å². The van der Waals surface area contributed by atoms with Gasteiger partial charge in [-0.05, 0) is 35.2 Å². The van der Waals surface area contributed by atoms with Gasteiger partial charge in [-0.1, -0.05) is 44.2 Å². The van der Waals surface area contributed by atoms with Gasteiger partial charge >= 0.3 is 0 Å². The van der Waals surface area contributed by atoms with Crippen molar-refractivity contribution < 1.29 is 9.59 Å². The van der Waals surface area contributed by atoms with E-state index in [1.165, 1.54) is 0 Å². The van der Waals surface area contributed by atoms with Gasteiger partial charge in [0.05, 0.1) is 0 Å². The molecule has 0 saturated heterocycles. The van der Waals surface area contributed by atoms with E-state index in [4.69, 9.17) is 0 Å². The number of nitrogens with one attached hydrogen (secondary N) is 1. The Labute approximate surface area is 168 Å². The van der Waals surface area contributed by atoms with E-state index in [0.29, 0.717) is 25.4 Å². The Bertz CT molecular complexity index is 801. The van der Waals surface area contributed by atoms with Gasteiger partial charge < -0.3 is 15.1 Å². The summed E-state index contributed by atoms with van der Waals surface area (Å²) in [7, 11) is 3.95. The summed E-state index contributed by atoms with van der Waals surface area (Å²) in [5.74, 6) is 0.327. The molecule has 2 amide bonds. The summed E-state index contributed by atoms with van der Waals surface area (Å²) >= 11 is 0. The Morgan fingerprint density at radius 2 is 1.68 bits per heavy atom. The second-order valence-electron chi connectivity index (χ2n) is 7.74. The van der Waals surface area contributed by atoms with Crippen LogP contribution >= 0.6 is 0 Å². The van der Waals surface area contributed by atoms with Crippen LogP contribution in [0.2, 0.25) is 0 Å². The molecule has 0 bridgehead atoms. The minimum absolute atomic E-state index is 0.00580. The van der Waals surface area contributed by atoms with E-state index in [1.54, 1.807) is 6.92 Å². The zero-order chi connectivity index (χ0) is 20.7. The second-order valence-corrected chi connectivity index (χ2v) is 7.74. The van der Waals surface area contributed by atoms with Crippen molar-refractivity contribution in [3.8, 4) is 0 Å². The van der Waals surface area contributed by atoms with Crippen molar-refractivity contribution in [1.82, 2.24) is 4.90 Å². The summed E-state index contributed by atoms with van der Waals surface area (Å²) in [5.41, 5.74) is 3.87. The molecular formula is C23H31N3O2. The predicted octanol–water partition coefficient (Wildman–Crippen LogP) is 4.29. The van der Waals surface area contributed by atoms with E-state index in [9.17, 15) is 9.59 Å². The molecule has 0 heterocycles. The standard InChI is InChI=1S/C23H31N3O2/c1-17(2)13-23(28)24-21-11-12-22(25(4)5)20(14-21)16-26(18(3)27)15-19-9-7-6-8-10-19/h6-12,14,17H,13,15-16H2,1-5H3,(H,24,28). The molecule has 1 N–H and O–H groups in total. The number of rotatable bonds is 8. The molecule has 0 saturated carbocycles. The summed E-state index contributed by atoms with van der Waals surface area (Å²) in [4.78, 5) is 28.2. The minimum Gasteiger partial charge on any atom is -0.377 e. The first-order valence-electron chi connectivity index (χ1n) is 9.65. The average Bonchev–Trinajstić information content (AvgIpc) is 2.61. The molecule has 5 nitrogen and oxygen atoms in total. The van der Waals surface area contributed by atoms with Crippen molar-refractivity contribution in [3.63, 3.8) is 0 Å². The van der Waals surface area contributed by atoms with Crippen LogP contribution in [0.5, 0.6) is 0 Å². The third-order valence-corrected chi connectivity index (χ3v) is 4.46. The van der Waals surface area contributed by atoms with Gasteiger partial charge in [-0.15, -0.1) is 0 Å². The van der Waals surface area contributed by atoms with E-state index in [-0.39, 0.29) is 11.8 Å². The Kier molecular flexibility index (Phi) is 7.61. The lowest BCUT2D eigenvalue weighted by Gasteiger charge is -2.25. The van der Waals surface area contributed by atoms with E-state index in [0.717, 1.165) is 22.5 Å². The van der Waals surface area contributed by atoms with Gasteiger partial charge in [0.25, 0.3) is 0 Å². The van der Waals surface area contributed by atoms with Crippen molar-refractivity contribution in [1.29, 1.82) is 0 Å². The number of hydrogen-bond donors (Lipinski definition) is 1. The van der Waals surface area contributed by atoms with Crippen LogP contribution in [-0.2, 0) is 22.7 Å². The molecule has 2 rings (SSSR count). The first kappa shape index (κ1) is 21.5. The smallest absolute Gasteiger partial charge is 0.224 e. The zero-order valence-electron chi connectivity index (χ0n) is 17.5. The van der Waals surface area contributed by atoms with Crippen LogP contribution in [0.15, 0.2) is 48.5 Å². The van der Waals surface area contributed by atoms with Crippen LogP contribution in [0.4, 0.5) is 11.4 Å². The van der Waals surface area contributed by atoms with Gasteiger partial charge in [-0.25, -0.2) is 0 Å². The van der Waals surface area contributed by atoms with Crippen molar-refractivity contribution in [2.45, 2.75) is 40.3 Å². The van der Waals surface area contributed by atoms with Gasteiger partial charge in [0.1, 0.15) is 0 Å². The van der Waals surface area contributed by atoms with Gasteiger partial charge in [0.2, 0.25) is 11.8 Å². The number of benzene rings is 2. The topological polar surface area (TPSA) is 52.7 Å². The normalized spacial score (nSPS) is 10.6. The van der Waals surface area contributed by atoms with Crippen LogP contribution in [0.25, 0.3) is 0 Å². The van der Waals surface area contributed by atoms with E-state index < -0.39 is 0 Å². The SMILES string of the molecule is CC(=O)N(Cc1ccccc1)Cc1cc(NC(=O)CC(C)C)ccc1N(C)C. The summed E-state index contributed by atoms with van der Waals surface area (Å²) in [6, 6.07) is 15.8. The van der Waals surface area contributed by atoms with Gasteiger partial charge in [0, 0.05) is 51.9 Å². The van der Waals surface area contributed by atoms with Crippen LogP contribution in [-0.4, -0.2) is 30.8 Å². The molecule has 0 unspecified atom stereocenters. The summed E-state index contributed by atoms with van der Waals surface area (Å²) < 4.78 is 0. The van der Waals surface area contributed by atoms with Gasteiger partial charge in [-0.3, -0.25) is 9.59 Å². The van der Waals surface area contributed by atoms with Crippen molar-refractivity contribution in [2.75, 3.05) is 24.3 Å². The molecule has 0 radical (unpaired) electrons. The average molecular weight is 382 g/mol. The number of hydrogen-bond acceptors (Lipinski definition) is 3. The number of amides is 2. The maximum Gasteiger partial charge on any atom is 0.224 e. The summed E-state index contributed by atoms with van der Waals surface area (Å²) in [6.45, 7) is 6.66. The number of nitrogens with zero attached hydrogens (tertiary/aromatic N) is 2. The molecule has 0 aliphatic carbocycles. The molecule has 0 fully saturated rings. The highest BCUT2D eigenvalue weighted by molar-refractivity contribution is 5.91. The Morgan fingerprint density at radius 3 is 2.25 bits per heavy atom. The molecule has 2 aromatic carbocycles. The van der Waals surface area contributed by atoms with Crippen molar-refractivity contribution in [2.24, 2.45) is 5.92 Å². The number of anilines is 2. The fraction of sp³-hybridized carbons (Fsp3) is 0.391. The van der Waals surface area contributed by atoms with Crippen molar-refractivity contribution in [3.05, 3.63) is 59.7 Å². The predicted molar refractivity (Wildman–Crippen MR) is 115 cm³/mol. The summed E-state index contributed by atoms with van der Waals surface area (Å²) in [5, 5.41) is 2.97. The van der Waals surface area contributed by atoms with E-state index >= 15 is 0 Å². The lowest BCUT2D eigenvalue weighted by molar-refractivity contribution is -0.130. The molecule has 150 valence electrons. The molecule has 0 atom stereocenters. The molecular weight excluding hydrogens is 350 g/mol. The van der Waals surface area contributed by atoms with E-state index in [1.807, 2.05) is 86.3 Å². The monoisotopic (exact) mass is 381 g/mol. The number of carbonyl (C=O) groups is 2. The quantitative estimate of drug-likeness (QED) is 0.742. The van der Waals surface area contributed by atoms with Crippen LogP contribution in [0, 0.1) is 5.92 Å².